The molecule has 6 unspecified atom stereocenters. The number of unbranched alkanes of at least 4 members (excludes halogenated alkanes) is 15. The van der Waals surface area contributed by atoms with Gasteiger partial charge in [-0.15, -0.1) is 0 Å². The highest BCUT2D eigenvalue weighted by molar-refractivity contribution is 7.85. The van der Waals surface area contributed by atoms with Crippen LogP contribution in [0.5, 0.6) is 0 Å². The van der Waals surface area contributed by atoms with Gasteiger partial charge in [-0.3, -0.25) is 14.1 Å². The Bertz CT molecular complexity index is 1440. The van der Waals surface area contributed by atoms with Crippen molar-refractivity contribution >= 4 is 22.1 Å². The van der Waals surface area contributed by atoms with Gasteiger partial charge in [0.2, 0.25) is 0 Å². The van der Waals surface area contributed by atoms with Crippen LogP contribution in [0.4, 0.5) is 0 Å². The summed E-state index contributed by atoms with van der Waals surface area (Å²) in [7, 11) is -4.61. The van der Waals surface area contributed by atoms with E-state index in [0.717, 1.165) is 109 Å². The first kappa shape index (κ1) is 58.1. The van der Waals surface area contributed by atoms with Gasteiger partial charge in [-0.1, -0.05) is 151 Å². The molecule has 1 aliphatic heterocycles. The standard InChI is InChI=1S/C50H84O12S/c1-3-5-7-9-11-13-15-17-19-21-22-23-25-27-29-31-33-35-37-39-46(52)61-43(41-60-50-49(55)48(54)47(53)44(62-50)42-63(56,57)58)40-59-45(51)38-36-34-32-30-28-26-24-20-18-16-14-12-10-8-6-4-2/h5,7,11,13-14,16-17,19-20,22-24,43-44,47-50,53-55H,3-4,6,8-10,12,15,18,21,25-42H2,1-2H3,(H,56,57,58)/b7-5-,13-11-,16-14-,19-17-,23-22-,24-20-. The zero-order chi connectivity index (χ0) is 46.2. The van der Waals surface area contributed by atoms with E-state index >= 15 is 0 Å². The fourth-order valence-electron chi connectivity index (χ4n) is 6.81. The van der Waals surface area contributed by atoms with Crippen molar-refractivity contribution < 1.29 is 56.8 Å². The van der Waals surface area contributed by atoms with E-state index in [0.29, 0.717) is 12.8 Å². The Balaban J connectivity index is 2.44. The van der Waals surface area contributed by atoms with Gasteiger partial charge in [-0.25, -0.2) is 0 Å². The van der Waals surface area contributed by atoms with E-state index in [1.54, 1.807) is 0 Å². The number of aliphatic hydroxyl groups is 3. The Morgan fingerprint density at radius 2 is 1.00 bits per heavy atom. The number of hydrogen-bond donors (Lipinski definition) is 4. The molecule has 0 bridgehead atoms. The molecule has 0 radical (unpaired) electrons. The van der Waals surface area contributed by atoms with Crippen LogP contribution in [0, 0.1) is 0 Å². The van der Waals surface area contributed by atoms with Gasteiger partial charge in [0.05, 0.1) is 6.61 Å². The van der Waals surface area contributed by atoms with Crippen molar-refractivity contribution in [2.75, 3.05) is 19.0 Å². The third-order valence-corrected chi connectivity index (χ3v) is 11.3. The molecular formula is C50H84O12S. The molecule has 1 saturated heterocycles. The third kappa shape index (κ3) is 34.2. The summed E-state index contributed by atoms with van der Waals surface area (Å²) in [5.74, 6) is -2.03. The van der Waals surface area contributed by atoms with Crippen LogP contribution in [0.1, 0.15) is 174 Å². The quantitative estimate of drug-likeness (QED) is 0.0198. The lowest BCUT2D eigenvalue weighted by Gasteiger charge is -2.40. The van der Waals surface area contributed by atoms with Crippen molar-refractivity contribution in [3.63, 3.8) is 0 Å². The fourth-order valence-corrected chi connectivity index (χ4v) is 7.51. The molecule has 1 aliphatic rings. The van der Waals surface area contributed by atoms with Gasteiger partial charge in [0, 0.05) is 12.8 Å². The number of aliphatic hydroxyl groups excluding tert-OH is 3. The number of carbonyl (C=O) groups excluding carboxylic acids is 2. The predicted molar refractivity (Wildman–Crippen MR) is 252 cm³/mol. The minimum absolute atomic E-state index is 0.141. The molecule has 4 N–H and O–H groups in total. The van der Waals surface area contributed by atoms with Gasteiger partial charge in [0.15, 0.2) is 12.4 Å². The third-order valence-electron chi connectivity index (χ3n) is 10.5. The van der Waals surface area contributed by atoms with E-state index in [2.05, 4.69) is 86.8 Å². The lowest BCUT2D eigenvalue weighted by Crippen LogP contribution is -2.60. The fraction of sp³-hybridized carbons (Fsp3) is 0.720. The summed E-state index contributed by atoms with van der Waals surface area (Å²) < 4.78 is 54.1. The van der Waals surface area contributed by atoms with E-state index in [1.807, 2.05) is 0 Å². The monoisotopic (exact) mass is 909 g/mol. The molecule has 0 aromatic heterocycles. The highest BCUT2D eigenvalue weighted by Gasteiger charge is 2.46. The Labute approximate surface area is 380 Å². The summed E-state index contributed by atoms with van der Waals surface area (Å²) >= 11 is 0. The lowest BCUT2D eigenvalue weighted by atomic mass is 10.00. The molecule has 1 rings (SSSR count). The van der Waals surface area contributed by atoms with E-state index in [4.69, 9.17) is 18.9 Å². The smallest absolute Gasteiger partial charge is 0.306 e. The average molecular weight is 909 g/mol. The van der Waals surface area contributed by atoms with Crippen molar-refractivity contribution in [3.05, 3.63) is 72.9 Å². The van der Waals surface area contributed by atoms with Gasteiger partial charge < -0.3 is 34.3 Å². The molecule has 63 heavy (non-hydrogen) atoms. The average Bonchev–Trinajstić information content (AvgIpc) is 3.25. The first-order valence-corrected chi connectivity index (χ1v) is 25.6. The minimum atomic E-state index is -4.61. The molecule has 0 aromatic carbocycles. The van der Waals surface area contributed by atoms with Gasteiger partial charge in [-0.2, -0.15) is 8.42 Å². The Morgan fingerprint density at radius 1 is 0.556 bits per heavy atom. The zero-order valence-corrected chi connectivity index (χ0v) is 39.5. The zero-order valence-electron chi connectivity index (χ0n) is 38.7. The second-order valence-corrected chi connectivity index (χ2v) is 17.9. The molecule has 0 aromatic rings. The van der Waals surface area contributed by atoms with Crippen LogP contribution >= 0.6 is 0 Å². The van der Waals surface area contributed by atoms with Crippen LogP contribution < -0.4 is 0 Å². The molecule has 0 aliphatic carbocycles. The van der Waals surface area contributed by atoms with Crippen molar-refractivity contribution in [3.8, 4) is 0 Å². The second kappa shape index (κ2) is 39.5. The largest absolute Gasteiger partial charge is 0.462 e. The first-order valence-electron chi connectivity index (χ1n) is 24.0. The van der Waals surface area contributed by atoms with Gasteiger partial charge in [-0.05, 0) is 83.5 Å². The van der Waals surface area contributed by atoms with Crippen LogP contribution in [-0.2, 0) is 38.7 Å². The molecule has 0 amide bonds. The van der Waals surface area contributed by atoms with E-state index in [-0.39, 0.29) is 19.4 Å². The minimum Gasteiger partial charge on any atom is -0.462 e. The van der Waals surface area contributed by atoms with Crippen LogP contribution in [-0.4, -0.2) is 96.0 Å². The topological polar surface area (TPSA) is 186 Å². The number of esters is 2. The maximum atomic E-state index is 12.8. The van der Waals surface area contributed by atoms with Crippen molar-refractivity contribution in [2.24, 2.45) is 0 Å². The van der Waals surface area contributed by atoms with Crippen molar-refractivity contribution in [1.29, 1.82) is 0 Å². The van der Waals surface area contributed by atoms with E-state index in [1.165, 1.54) is 25.7 Å². The summed E-state index contributed by atoms with van der Waals surface area (Å²) in [5, 5.41) is 30.9. The van der Waals surface area contributed by atoms with E-state index in [9.17, 15) is 37.9 Å². The number of ether oxygens (including phenoxy) is 4. The Morgan fingerprint density at radius 3 is 1.49 bits per heavy atom. The maximum Gasteiger partial charge on any atom is 0.306 e. The SMILES string of the molecule is CC/C=C\C/C=C\C/C=C\C/C=C\CCCCCCCCC(=O)OC(COC(=O)CCCCCCC/C=C\C/C=C\CCCCCC)COC1OC(CS(=O)(=O)O)C(O)C(O)C1O. The number of hydrogen-bond acceptors (Lipinski definition) is 11. The summed E-state index contributed by atoms with van der Waals surface area (Å²) in [5.41, 5.74) is 0. The molecule has 362 valence electrons. The van der Waals surface area contributed by atoms with Gasteiger partial charge in [0.1, 0.15) is 36.8 Å². The van der Waals surface area contributed by atoms with Crippen LogP contribution in [0.2, 0.25) is 0 Å². The van der Waals surface area contributed by atoms with Gasteiger partial charge in [0.25, 0.3) is 10.1 Å². The molecular weight excluding hydrogens is 825 g/mol. The highest BCUT2D eigenvalue weighted by atomic mass is 32.2. The van der Waals surface area contributed by atoms with Crippen LogP contribution in [0.15, 0.2) is 72.9 Å². The molecule has 1 fully saturated rings. The number of rotatable bonds is 39. The van der Waals surface area contributed by atoms with Gasteiger partial charge >= 0.3 is 11.9 Å². The molecule has 6 atom stereocenters. The molecule has 12 nitrogen and oxygen atoms in total. The normalized spacial score (nSPS) is 20.4. The summed E-state index contributed by atoms with van der Waals surface area (Å²) in [6.45, 7) is 3.61. The lowest BCUT2D eigenvalue weighted by molar-refractivity contribution is -0.297. The summed E-state index contributed by atoms with van der Waals surface area (Å²) in [6.07, 6.45) is 40.8. The second-order valence-electron chi connectivity index (χ2n) is 16.4. The highest BCUT2D eigenvalue weighted by Crippen LogP contribution is 2.24. The molecule has 1 heterocycles. The van der Waals surface area contributed by atoms with E-state index < -0.39 is 71.2 Å². The first-order chi connectivity index (χ1) is 30.5. The number of allylic oxidation sites excluding steroid dienone is 12. The summed E-state index contributed by atoms with van der Waals surface area (Å²) in [4.78, 5) is 25.5. The molecule has 0 spiro atoms. The van der Waals surface area contributed by atoms with Crippen molar-refractivity contribution in [1.82, 2.24) is 0 Å². The Kier molecular flexibility index (Phi) is 36.4. The van der Waals surface area contributed by atoms with Crippen molar-refractivity contribution in [2.45, 2.75) is 211 Å². The Hall–Kier alpha value is -2.91. The summed E-state index contributed by atoms with van der Waals surface area (Å²) in [6, 6.07) is 0. The molecule has 13 heteroatoms. The van der Waals surface area contributed by atoms with Crippen LogP contribution in [0.3, 0.4) is 0 Å². The number of carbonyl (C=O) groups is 2. The molecule has 0 saturated carbocycles. The predicted octanol–water partition coefficient (Wildman–Crippen LogP) is 10.3. The van der Waals surface area contributed by atoms with Crippen LogP contribution in [0.25, 0.3) is 0 Å². The maximum absolute atomic E-state index is 12.8.